The van der Waals surface area contributed by atoms with Gasteiger partial charge in [0.25, 0.3) is 0 Å². The van der Waals surface area contributed by atoms with E-state index in [4.69, 9.17) is 11.6 Å². The number of nitrogens with zero attached hydrogens (tertiary/aromatic N) is 2. The Hall–Kier alpha value is -0.580. The molecular weight excluding hydrogens is 226 g/mol. The lowest BCUT2D eigenvalue weighted by Crippen LogP contribution is -2.44. The lowest BCUT2D eigenvalue weighted by molar-refractivity contribution is 0.168. The lowest BCUT2D eigenvalue weighted by atomic mass is 9.99. The molecule has 0 aromatic carbocycles. The monoisotopic (exact) mass is 243 g/mol. The molecule has 1 aliphatic rings. The summed E-state index contributed by atoms with van der Waals surface area (Å²) >= 11 is 6.00. The Kier molecular flexibility index (Phi) is 3.24. The van der Waals surface area contributed by atoms with E-state index in [0.717, 1.165) is 25.0 Å². The van der Waals surface area contributed by atoms with E-state index in [9.17, 15) is 5.11 Å². The molecular formula is C11H18ClN3O. The van der Waals surface area contributed by atoms with Gasteiger partial charge < -0.3 is 10.4 Å². The fourth-order valence-electron chi connectivity index (χ4n) is 2.42. The van der Waals surface area contributed by atoms with Crippen LogP contribution >= 0.6 is 11.6 Å². The molecule has 1 aromatic rings. The van der Waals surface area contributed by atoms with Crippen molar-refractivity contribution >= 4 is 11.6 Å². The van der Waals surface area contributed by atoms with Crippen LogP contribution in [0, 0.1) is 6.92 Å². The molecule has 1 aromatic heterocycles. The second-order valence-corrected chi connectivity index (χ2v) is 5.03. The van der Waals surface area contributed by atoms with Crippen LogP contribution in [0.2, 0.25) is 5.02 Å². The highest BCUT2D eigenvalue weighted by molar-refractivity contribution is 6.31. The number of aliphatic hydroxyl groups is 1. The summed E-state index contributed by atoms with van der Waals surface area (Å²) in [7, 11) is 1.90. The Balaban J connectivity index is 2.14. The van der Waals surface area contributed by atoms with Gasteiger partial charge in [0, 0.05) is 11.7 Å². The van der Waals surface area contributed by atoms with Crippen LogP contribution in [0.1, 0.15) is 31.0 Å². The van der Waals surface area contributed by atoms with E-state index < -0.39 is 0 Å². The molecule has 2 atom stereocenters. The van der Waals surface area contributed by atoms with E-state index in [2.05, 4.69) is 10.4 Å². The van der Waals surface area contributed by atoms with Crippen molar-refractivity contribution in [1.29, 1.82) is 0 Å². The van der Waals surface area contributed by atoms with Gasteiger partial charge in [-0.25, -0.2) is 0 Å². The van der Waals surface area contributed by atoms with E-state index in [1.165, 1.54) is 0 Å². The highest BCUT2D eigenvalue weighted by Crippen LogP contribution is 2.37. The molecule has 16 heavy (non-hydrogen) atoms. The molecule has 2 unspecified atom stereocenters. The summed E-state index contributed by atoms with van der Waals surface area (Å²) in [6.45, 7) is 2.08. The van der Waals surface area contributed by atoms with E-state index in [-0.39, 0.29) is 12.1 Å². The molecule has 0 aliphatic heterocycles. The molecule has 0 bridgehead atoms. The maximum atomic E-state index is 9.42. The second-order valence-electron chi connectivity index (χ2n) is 4.63. The van der Waals surface area contributed by atoms with Crippen LogP contribution in [-0.2, 0) is 0 Å². The zero-order valence-electron chi connectivity index (χ0n) is 9.70. The molecule has 0 saturated heterocycles. The van der Waals surface area contributed by atoms with E-state index in [0.29, 0.717) is 11.1 Å². The van der Waals surface area contributed by atoms with Crippen molar-refractivity contribution in [1.82, 2.24) is 15.1 Å². The Labute approximate surface area is 101 Å². The molecule has 5 heteroatoms. The number of nitrogens with one attached hydrogen (secondary N) is 1. The van der Waals surface area contributed by atoms with Gasteiger partial charge in [0.2, 0.25) is 0 Å². The summed E-state index contributed by atoms with van der Waals surface area (Å²) in [6.07, 6.45) is 4.78. The van der Waals surface area contributed by atoms with Gasteiger partial charge in [-0.15, -0.1) is 0 Å². The van der Waals surface area contributed by atoms with Crippen LogP contribution < -0.4 is 5.32 Å². The fraction of sp³-hybridized carbons (Fsp3) is 0.727. The van der Waals surface area contributed by atoms with Gasteiger partial charge >= 0.3 is 0 Å². The molecule has 4 nitrogen and oxygen atoms in total. The van der Waals surface area contributed by atoms with Crippen LogP contribution in [0.15, 0.2) is 6.20 Å². The van der Waals surface area contributed by atoms with Crippen molar-refractivity contribution in [2.24, 2.45) is 0 Å². The standard InChI is InChI=1S/C11H18ClN3O/c1-8-10(12)6-15(14-8)9-3-4-11(5-9,7-16)13-2/h6,9,13,16H,3-5,7H2,1-2H3. The predicted molar refractivity (Wildman–Crippen MR) is 63.7 cm³/mol. The topological polar surface area (TPSA) is 50.1 Å². The number of hydrogen-bond donors (Lipinski definition) is 2. The third kappa shape index (κ3) is 1.97. The number of aliphatic hydroxyl groups excluding tert-OH is 1. The summed E-state index contributed by atoms with van der Waals surface area (Å²) in [6, 6.07) is 0.339. The van der Waals surface area contributed by atoms with Crippen molar-refractivity contribution in [3.8, 4) is 0 Å². The Morgan fingerprint density at radius 3 is 2.94 bits per heavy atom. The third-order valence-electron chi connectivity index (χ3n) is 3.65. The molecule has 1 heterocycles. The first-order valence-electron chi connectivity index (χ1n) is 5.61. The number of rotatable bonds is 3. The SMILES string of the molecule is CNC1(CO)CCC(n2cc(Cl)c(C)n2)C1. The van der Waals surface area contributed by atoms with Crippen molar-refractivity contribution in [3.05, 3.63) is 16.9 Å². The van der Waals surface area contributed by atoms with Crippen molar-refractivity contribution < 1.29 is 5.11 Å². The molecule has 90 valence electrons. The maximum Gasteiger partial charge on any atom is 0.0815 e. The number of aryl methyl sites for hydroxylation is 1. The van der Waals surface area contributed by atoms with Gasteiger partial charge in [-0.1, -0.05) is 11.6 Å². The first-order valence-corrected chi connectivity index (χ1v) is 5.99. The average Bonchev–Trinajstić information content (AvgIpc) is 2.85. The third-order valence-corrected chi connectivity index (χ3v) is 4.02. The van der Waals surface area contributed by atoms with E-state index in [1.54, 1.807) is 0 Å². The van der Waals surface area contributed by atoms with E-state index in [1.807, 2.05) is 24.9 Å². The minimum Gasteiger partial charge on any atom is -0.394 e. The van der Waals surface area contributed by atoms with Gasteiger partial charge in [-0.05, 0) is 33.2 Å². The summed E-state index contributed by atoms with van der Waals surface area (Å²) in [5, 5.41) is 17.8. The van der Waals surface area contributed by atoms with Gasteiger partial charge in [0.1, 0.15) is 0 Å². The minimum absolute atomic E-state index is 0.142. The lowest BCUT2D eigenvalue weighted by Gasteiger charge is -2.26. The molecule has 2 rings (SSSR count). The zero-order valence-corrected chi connectivity index (χ0v) is 10.5. The van der Waals surface area contributed by atoms with E-state index >= 15 is 0 Å². The molecule has 0 radical (unpaired) electrons. The predicted octanol–water partition coefficient (Wildman–Crippen LogP) is 1.52. The molecule has 2 N–H and O–H groups in total. The van der Waals surface area contributed by atoms with Crippen LogP contribution in [0.5, 0.6) is 0 Å². The Morgan fingerprint density at radius 1 is 1.75 bits per heavy atom. The number of aromatic nitrogens is 2. The minimum atomic E-state index is -0.142. The van der Waals surface area contributed by atoms with Crippen LogP contribution in [0.25, 0.3) is 0 Å². The normalized spacial score (nSPS) is 29.9. The Morgan fingerprint density at radius 2 is 2.50 bits per heavy atom. The molecule has 1 aliphatic carbocycles. The first-order chi connectivity index (χ1) is 7.60. The first kappa shape index (κ1) is 11.9. The number of hydrogen-bond acceptors (Lipinski definition) is 3. The van der Waals surface area contributed by atoms with Crippen molar-refractivity contribution in [2.75, 3.05) is 13.7 Å². The summed E-state index contributed by atoms with van der Waals surface area (Å²) in [5.41, 5.74) is 0.726. The van der Waals surface area contributed by atoms with Crippen molar-refractivity contribution in [3.63, 3.8) is 0 Å². The smallest absolute Gasteiger partial charge is 0.0815 e. The fourth-order valence-corrected chi connectivity index (χ4v) is 2.56. The highest BCUT2D eigenvalue weighted by atomic mass is 35.5. The van der Waals surface area contributed by atoms with Gasteiger partial charge in [-0.3, -0.25) is 4.68 Å². The molecule has 0 spiro atoms. The molecule has 1 saturated carbocycles. The van der Waals surface area contributed by atoms with Gasteiger partial charge in [0.05, 0.1) is 23.4 Å². The quantitative estimate of drug-likeness (QED) is 0.847. The Bertz CT molecular complexity index is 354. The summed E-state index contributed by atoms with van der Waals surface area (Å²) in [4.78, 5) is 0. The maximum absolute atomic E-state index is 9.42. The summed E-state index contributed by atoms with van der Waals surface area (Å²) in [5.74, 6) is 0. The van der Waals surface area contributed by atoms with Crippen LogP contribution in [0.3, 0.4) is 0 Å². The van der Waals surface area contributed by atoms with Gasteiger partial charge in [0.15, 0.2) is 0 Å². The largest absolute Gasteiger partial charge is 0.394 e. The molecule has 0 amide bonds. The van der Waals surface area contributed by atoms with Crippen molar-refractivity contribution in [2.45, 2.75) is 37.8 Å². The zero-order chi connectivity index (χ0) is 11.8. The average molecular weight is 244 g/mol. The molecule has 1 fully saturated rings. The number of likely N-dealkylation sites (N-methyl/N-ethyl adjacent to an activating group) is 1. The summed E-state index contributed by atoms with van der Waals surface area (Å²) < 4.78 is 1.94. The van der Waals surface area contributed by atoms with Crippen LogP contribution in [0.4, 0.5) is 0 Å². The number of halogens is 1. The second kappa shape index (κ2) is 4.35. The van der Waals surface area contributed by atoms with Gasteiger partial charge in [-0.2, -0.15) is 5.10 Å². The van der Waals surface area contributed by atoms with Crippen LogP contribution in [-0.4, -0.2) is 34.1 Å². The highest BCUT2D eigenvalue weighted by Gasteiger charge is 2.38.